The van der Waals surface area contributed by atoms with E-state index in [4.69, 9.17) is 20.8 Å². The second-order valence-electron chi connectivity index (χ2n) is 5.51. The molecule has 0 atom stereocenters. The van der Waals surface area contributed by atoms with Crippen LogP contribution < -0.4 is 10.1 Å². The Balaban J connectivity index is 1.40. The summed E-state index contributed by atoms with van der Waals surface area (Å²) < 4.78 is 12.0. The van der Waals surface area contributed by atoms with Crippen LogP contribution in [0.1, 0.15) is 6.92 Å². The fourth-order valence-corrected chi connectivity index (χ4v) is 4.15. The van der Waals surface area contributed by atoms with Crippen LogP contribution in [0.15, 0.2) is 46.0 Å². The molecule has 2 aromatic heterocycles. The molecule has 6 nitrogen and oxygen atoms in total. The monoisotopic (exact) mass is 419 g/mol. The number of anilines is 1. The highest BCUT2D eigenvalue weighted by molar-refractivity contribution is 7.99. The lowest BCUT2D eigenvalue weighted by atomic mass is 10.3. The second kappa shape index (κ2) is 7.75. The molecule has 138 valence electrons. The Morgan fingerprint density at radius 3 is 3.00 bits per heavy atom. The first kappa shape index (κ1) is 18.1. The van der Waals surface area contributed by atoms with Gasteiger partial charge in [-0.2, -0.15) is 0 Å². The highest BCUT2D eigenvalue weighted by Gasteiger charge is 2.12. The Kier molecular flexibility index (Phi) is 5.20. The summed E-state index contributed by atoms with van der Waals surface area (Å²) in [5.41, 5.74) is 2.13. The predicted octanol–water partition coefficient (Wildman–Crippen LogP) is 5.22. The van der Waals surface area contributed by atoms with Crippen molar-refractivity contribution in [3.63, 3.8) is 0 Å². The zero-order valence-corrected chi connectivity index (χ0v) is 16.6. The number of thiazole rings is 1. The molecule has 0 saturated heterocycles. The van der Waals surface area contributed by atoms with Crippen LogP contribution in [-0.2, 0) is 4.79 Å². The molecule has 0 bridgehead atoms. The first-order valence-corrected chi connectivity index (χ1v) is 10.3. The van der Waals surface area contributed by atoms with Crippen molar-refractivity contribution in [2.75, 3.05) is 17.7 Å². The molecule has 0 unspecified atom stereocenters. The van der Waals surface area contributed by atoms with Crippen LogP contribution in [0.4, 0.5) is 5.13 Å². The maximum absolute atomic E-state index is 12.2. The van der Waals surface area contributed by atoms with Crippen LogP contribution in [0.2, 0.25) is 5.02 Å². The van der Waals surface area contributed by atoms with E-state index in [1.54, 1.807) is 18.2 Å². The quantitative estimate of drug-likeness (QED) is 0.432. The van der Waals surface area contributed by atoms with Gasteiger partial charge in [-0.1, -0.05) is 34.7 Å². The summed E-state index contributed by atoms with van der Waals surface area (Å²) in [6, 6.07) is 10.9. The normalized spacial score (nSPS) is 11.2. The van der Waals surface area contributed by atoms with Crippen molar-refractivity contribution in [3.8, 4) is 5.75 Å². The first-order chi connectivity index (χ1) is 13.1. The zero-order valence-electron chi connectivity index (χ0n) is 14.2. The molecule has 0 saturated carbocycles. The fraction of sp³-hybridized carbons (Fsp3) is 0.167. The zero-order chi connectivity index (χ0) is 18.8. The molecule has 0 fully saturated rings. The van der Waals surface area contributed by atoms with Gasteiger partial charge in [0, 0.05) is 5.02 Å². The second-order valence-corrected chi connectivity index (χ2v) is 7.90. The molecule has 1 N–H and O–H groups in total. The summed E-state index contributed by atoms with van der Waals surface area (Å²) in [6.45, 7) is 2.54. The standard InChI is InChI=1S/C18H14ClN3O3S2/c1-2-24-11-4-5-12-15(8-11)27-17(20-12)22-16(23)9-26-18-21-13-7-10(19)3-6-14(13)25-18/h3-8H,2,9H2,1H3,(H,20,22,23). The van der Waals surface area contributed by atoms with E-state index in [0.29, 0.717) is 33.1 Å². The number of nitrogens with one attached hydrogen (secondary N) is 1. The highest BCUT2D eigenvalue weighted by atomic mass is 35.5. The number of ether oxygens (including phenoxy) is 1. The molecule has 4 rings (SSSR count). The molecule has 0 spiro atoms. The van der Waals surface area contributed by atoms with E-state index in [9.17, 15) is 4.79 Å². The number of oxazole rings is 1. The molecule has 0 radical (unpaired) electrons. The van der Waals surface area contributed by atoms with E-state index in [0.717, 1.165) is 16.0 Å². The van der Waals surface area contributed by atoms with Gasteiger partial charge in [-0.3, -0.25) is 4.79 Å². The number of thioether (sulfide) groups is 1. The highest BCUT2D eigenvalue weighted by Crippen LogP contribution is 2.30. The van der Waals surface area contributed by atoms with E-state index in [1.807, 2.05) is 25.1 Å². The lowest BCUT2D eigenvalue weighted by Gasteiger charge is -2.00. The number of amides is 1. The number of fused-ring (bicyclic) bond motifs is 2. The minimum absolute atomic E-state index is 0.167. The summed E-state index contributed by atoms with van der Waals surface area (Å²) >= 11 is 8.57. The average Bonchev–Trinajstić information content (AvgIpc) is 3.22. The van der Waals surface area contributed by atoms with Gasteiger partial charge in [0.25, 0.3) is 5.22 Å². The third-order valence-electron chi connectivity index (χ3n) is 3.57. The number of halogens is 1. The Labute approximate surface area is 167 Å². The Hall–Kier alpha value is -2.29. The van der Waals surface area contributed by atoms with Crippen molar-refractivity contribution in [1.29, 1.82) is 0 Å². The topological polar surface area (TPSA) is 77.2 Å². The predicted molar refractivity (Wildman–Crippen MR) is 109 cm³/mol. The van der Waals surface area contributed by atoms with Gasteiger partial charge in [0.15, 0.2) is 10.7 Å². The molecular weight excluding hydrogens is 406 g/mol. The van der Waals surface area contributed by atoms with Gasteiger partial charge in [0.1, 0.15) is 11.3 Å². The van der Waals surface area contributed by atoms with Crippen LogP contribution in [-0.4, -0.2) is 28.2 Å². The number of nitrogens with zero attached hydrogens (tertiary/aromatic N) is 2. The molecule has 2 aromatic carbocycles. The maximum atomic E-state index is 12.2. The molecule has 4 aromatic rings. The van der Waals surface area contributed by atoms with Crippen molar-refractivity contribution in [2.45, 2.75) is 12.1 Å². The number of carbonyl (C=O) groups is 1. The van der Waals surface area contributed by atoms with E-state index < -0.39 is 0 Å². The van der Waals surface area contributed by atoms with E-state index in [-0.39, 0.29) is 11.7 Å². The van der Waals surface area contributed by atoms with Crippen LogP contribution >= 0.6 is 34.7 Å². The SMILES string of the molecule is CCOc1ccc2nc(NC(=O)CSc3nc4cc(Cl)ccc4o3)sc2c1. The largest absolute Gasteiger partial charge is 0.494 e. The third-order valence-corrected chi connectivity index (χ3v) is 5.57. The number of benzene rings is 2. The molecule has 0 aliphatic carbocycles. The van der Waals surface area contributed by atoms with Gasteiger partial charge in [0.2, 0.25) is 5.91 Å². The summed E-state index contributed by atoms with van der Waals surface area (Å²) in [6.07, 6.45) is 0. The maximum Gasteiger partial charge on any atom is 0.257 e. The van der Waals surface area contributed by atoms with E-state index in [2.05, 4.69) is 15.3 Å². The van der Waals surface area contributed by atoms with Crippen LogP contribution in [0.5, 0.6) is 5.75 Å². The Morgan fingerprint density at radius 1 is 1.26 bits per heavy atom. The molecule has 0 aliphatic heterocycles. The molecule has 9 heteroatoms. The lowest BCUT2D eigenvalue weighted by Crippen LogP contribution is -2.13. The number of hydrogen-bond acceptors (Lipinski definition) is 7. The molecule has 0 aliphatic rings. The van der Waals surface area contributed by atoms with Gasteiger partial charge in [-0.25, -0.2) is 9.97 Å². The van der Waals surface area contributed by atoms with E-state index >= 15 is 0 Å². The van der Waals surface area contributed by atoms with E-state index in [1.165, 1.54) is 23.1 Å². The summed E-state index contributed by atoms with van der Waals surface area (Å²) in [5, 5.41) is 4.38. The van der Waals surface area contributed by atoms with Crippen LogP contribution in [0, 0.1) is 0 Å². The van der Waals surface area contributed by atoms with Crippen molar-refractivity contribution < 1.29 is 13.9 Å². The fourth-order valence-electron chi connectivity index (χ4n) is 2.44. The number of aromatic nitrogens is 2. The Bertz CT molecular complexity index is 1130. The summed E-state index contributed by atoms with van der Waals surface area (Å²) in [5.74, 6) is 0.781. The number of carbonyl (C=O) groups excluding carboxylic acids is 1. The van der Waals surface area contributed by atoms with Gasteiger partial charge in [-0.05, 0) is 43.3 Å². The smallest absolute Gasteiger partial charge is 0.257 e. The molecule has 2 heterocycles. The summed E-state index contributed by atoms with van der Waals surface area (Å²) in [7, 11) is 0. The van der Waals surface area contributed by atoms with Crippen LogP contribution in [0.3, 0.4) is 0 Å². The first-order valence-electron chi connectivity index (χ1n) is 8.13. The van der Waals surface area contributed by atoms with Crippen LogP contribution in [0.25, 0.3) is 21.3 Å². The average molecular weight is 420 g/mol. The summed E-state index contributed by atoms with van der Waals surface area (Å²) in [4.78, 5) is 21.0. The Morgan fingerprint density at radius 2 is 2.15 bits per heavy atom. The van der Waals surface area contributed by atoms with Gasteiger partial charge in [0.05, 0.1) is 22.6 Å². The van der Waals surface area contributed by atoms with Crippen molar-refractivity contribution in [2.24, 2.45) is 0 Å². The van der Waals surface area contributed by atoms with Crippen molar-refractivity contribution >= 4 is 67.1 Å². The van der Waals surface area contributed by atoms with Gasteiger partial charge >= 0.3 is 0 Å². The number of hydrogen-bond donors (Lipinski definition) is 1. The molecule has 27 heavy (non-hydrogen) atoms. The van der Waals surface area contributed by atoms with Gasteiger partial charge in [-0.15, -0.1) is 0 Å². The van der Waals surface area contributed by atoms with Crippen molar-refractivity contribution in [1.82, 2.24) is 9.97 Å². The molecular formula is C18H14ClN3O3S2. The lowest BCUT2D eigenvalue weighted by molar-refractivity contribution is -0.113. The van der Waals surface area contributed by atoms with Crippen molar-refractivity contribution in [3.05, 3.63) is 41.4 Å². The minimum atomic E-state index is -0.177. The number of rotatable bonds is 6. The third kappa shape index (κ3) is 4.18. The molecule has 1 amide bonds. The minimum Gasteiger partial charge on any atom is -0.494 e. The van der Waals surface area contributed by atoms with Gasteiger partial charge < -0.3 is 14.5 Å².